The molecule has 0 saturated carbocycles. The van der Waals surface area contributed by atoms with E-state index < -0.39 is 25.5 Å². The van der Waals surface area contributed by atoms with Crippen LogP contribution in [0.2, 0.25) is 0 Å². The van der Waals surface area contributed by atoms with Crippen LogP contribution >= 0.6 is 0 Å². The Balaban J connectivity index is 2.75. The molecule has 0 aliphatic heterocycles. The number of sulfonamides is 1. The van der Waals surface area contributed by atoms with Gasteiger partial charge in [0, 0.05) is 20.3 Å². The van der Waals surface area contributed by atoms with Crippen molar-refractivity contribution in [3.8, 4) is 0 Å². The number of nitrogens with one attached hydrogen (secondary N) is 1. The number of benzene rings is 1. The second-order valence-corrected chi connectivity index (χ2v) is 6.14. The fraction of sp³-hybridized carbons (Fsp3) is 0.500. The van der Waals surface area contributed by atoms with E-state index in [-0.39, 0.29) is 12.2 Å². The number of nitro groups is 1. The van der Waals surface area contributed by atoms with E-state index in [2.05, 4.69) is 4.72 Å². The van der Waals surface area contributed by atoms with Gasteiger partial charge in [-0.2, -0.15) is 0 Å². The Kier molecular flexibility index (Phi) is 6.53. The van der Waals surface area contributed by atoms with Crippen molar-refractivity contribution < 1.29 is 18.1 Å². The van der Waals surface area contributed by atoms with Crippen molar-refractivity contribution in [2.45, 2.75) is 24.2 Å². The normalized spacial score (nSPS) is 11.5. The van der Waals surface area contributed by atoms with Crippen LogP contribution in [-0.2, 0) is 14.8 Å². The van der Waals surface area contributed by atoms with E-state index in [0.717, 1.165) is 12.8 Å². The molecule has 0 unspecified atom stereocenters. The maximum absolute atomic E-state index is 12.1. The number of hydrogen-bond acceptors (Lipinski definition) is 6. The molecule has 0 heterocycles. The van der Waals surface area contributed by atoms with Crippen LogP contribution in [0.25, 0.3) is 0 Å². The third-order valence-corrected chi connectivity index (χ3v) is 4.31. The van der Waals surface area contributed by atoms with Gasteiger partial charge in [0.15, 0.2) is 4.90 Å². The van der Waals surface area contributed by atoms with Gasteiger partial charge in [-0.3, -0.25) is 10.1 Å². The highest BCUT2D eigenvalue weighted by atomic mass is 32.2. The Morgan fingerprint density at radius 2 is 2.05 bits per heavy atom. The summed E-state index contributed by atoms with van der Waals surface area (Å²) in [6.45, 7) is 0.825. The van der Waals surface area contributed by atoms with Gasteiger partial charge in [0.2, 0.25) is 10.0 Å². The third-order valence-electron chi connectivity index (χ3n) is 2.82. The van der Waals surface area contributed by atoms with Crippen LogP contribution in [0.5, 0.6) is 0 Å². The Bertz CT molecular complexity index is 589. The first-order valence-electron chi connectivity index (χ1n) is 6.41. The van der Waals surface area contributed by atoms with E-state index in [1.165, 1.54) is 18.2 Å². The summed E-state index contributed by atoms with van der Waals surface area (Å²) >= 11 is 0. The van der Waals surface area contributed by atoms with E-state index in [1.807, 2.05) is 0 Å². The van der Waals surface area contributed by atoms with Gasteiger partial charge in [-0.15, -0.1) is 0 Å². The van der Waals surface area contributed by atoms with E-state index >= 15 is 0 Å². The Morgan fingerprint density at radius 3 is 2.67 bits per heavy atom. The molecule has 0 bridgehead atoms. The third kappa shape index (κ3) is 4.96. The number of anilines is 1. The summed E-state index contributed by atoms with van der Waals surface area (Å²) < 4.78 is 31.4. The predicted octanol–water partition coefficient (Wildman–Crippen LogP) is 1.27. The summed E-state index contributed by atoms with van der Waals surface area (Å²) in [6.07, 6.45) is 2.25. The highest BCUT2D eigenvalue weighted by molar-refractivity contribution is 7.89. The first-order chi connectivity index (χ1) is 9.90. The zero-order chi connectivity index (χ0) is 15.9. The monoisotopic (exact) mass is 317 g/mol. The molecule has 8 nitrogen and oxygen atoms in total. The average Bonchev–Trinajstić information content (AvgIpc) is 2.42. The minimum absolute atomic E-state index is 0.178. The Labute approximate surface area is 123 Å². The minimum atomic E-state index is -3.95. The number of nitrogens with zero attached hydrogens (tertiary/aromatic N) is 1. The maximum Gasteiger partial charge on any atom is 0.312 e. The number of unbranched alkanes of at least 4 members (excludes halogenated alkanes) is 2. The van der Waals surface area contributed by atoms with Crippen LogP contribution in [-0.4, -0.2) is 33.6 Å². The number of para-hydroxylation sites is 1. The smallest absolute Gasteiger partial charge is 0.312 e. The standard InChI is InChI=1S/C12H19N3O5S/c1-20-9-4-2-3-8-14-21(18,19)11-7-5-6-10(13)12(11)15(16)17/h5-7,14H,2-4,8-9,13H2,1H3. The largest absolute Gasteiger partial charge is 0.393 e. The van der Waals surface area contributed by atoms with Gasteiger partial charge < -0.3 is 10.5 Å². The van der Waals surface area contributed by atoms with Gasteiger partial charge in [0.05, 0.1) is 4.92 Å². The number of nitro benzene ring substituents is 1. The van der Waals surface area contributed by atoms with Crippen molar-refractivity contribution in [2.75, 3.05) is 26.0 Å². The molecule has 0 amide bonds. The van der Waals surface area contributed by atoms with Crippen LogP contribution in [0.3, 0.4) is 0 Å². The molecular formula is C12H19N3O5S. The quantitative estimate of drug-likeness (QED) is 0.306. The Morgan fingerprint density at radius 1 is 1.33 bits per heavy atom. The van der Waals surface area contributed by atoms with Crippen molar-refractivity contribution in [2.24, 2.45) is 0 Å². The summed E-state index contributed by atoms with van der Waals surface area (Å²) in [7, 11) is -2.36. The van der Waals surface area contributed by atoms with Gasteiger partial charge in [0.25, 0.3) is 0 Å². The summed E-state index contributed by atoms with van der Waals surface area (Å²) in [5, 5.41) is 11.0. The highest BCUT2D eigenvalue weighted by Crippen LogP contribution is 2.29. The van der Waals surface area contributed by atoms with Crippen LogP contribution in [0.1, 0.15) is 19.3 Å². The van der Waals surface area contributed by atoms with E-state index in [0.29, 0.717) is 13.0 Å². The molecule has 118 valence electrons. The van der Waals surface area contributed by atoms with Crippen LogP contribution in [0.15, 0.2) is 23.1 Å². The lowest BCUT2D eigenvalue weighted by Gasteiger charge is -2.08. The molecular weight excluding hydrogens is 298 g/mol. The second-order valence-electron chi connectivity index (χ2n) is 4.40. The van der Waals surface area contributed by atoms with Crippen molar-refractivity contribution in [3.63, 3.8) is 0 Å². The zero-order valence-electron chi connectivity index (χ0n) is 11.7. The molecule has 0 aliphatic carbocycles. The summed E-state index contributed by atoms with van der Waals surface area (Å²) in [6, 6.07) is 3.83. The summed E-state index contributed by atoms with van der Waals surface area (Å²) in [5.74, 6) is 0. The number of ether oxygens (including phenoxy) is 1. The van der Waals surface area contributed by atoms with Crippen LogP contribution in [0, 0.1) is 10.1 Å². The minimum Gasteiger partial charge on any atom is -0.393 e. The number of hydrogen-bond donors (Lipinski definition) is 2. The van der Waals surface area contributed by atoms with Crippen LogP contribution < -0.4 is 10.5 Å². The highest BCUT2D eigenvalue weighted by Gasteiger charge is 2.27. The lowest BCUT2D eigenvalue weighted by molar-refractivity contribution is -0.386. The fourth-order valence-corrected chi connectivity index (χ4v) is 3.06. The van der Waals surface area contributed by atoms with Gasteiger partial charge in [0.1, 0.15) is 5.69 Å². The average molecular weight is 317 g/mol. The van der Waals surface area contributed by atoms with Gasteiger partial charge >= 0.3 is 5.69 Å². The van der Waals surface area contributed by atoms with Crippen molar-refractivity contribution in [3.05, 3.63) is 28.3 Å². The molecule has 0 radical (unpaired) electrons. The Hall–Kier alpha value is -1.71. The predicted molar refractivity (Wildman–Crippen MR) is 78.4 cm³/mol. The van der Waals surface area contributed by atoms with E-state index in [4.69, 9.17) is 10.5 Å². The summed E-state index contributed by atoms with van der Waals surface area (Å²) in [4.78, 5) is 9.76. The molecule has 1 rings (SSSR count). The molecule has 1 aromatic rings. The van der Waals surface area contributed by atoms with Crippen LogP contribution in [0.4, 0.5) is 11.4 Å². The molecule has 9 heteroatoms. The molecule has 1 aromatic carbocycles. The zero-order valence-corrected chi connectivity index (χ0v) is 12.6. The molecule has 3 N–H and O–H groups in total. The molecule has 0 spiro atoms. The number of nitrogens with two attached hydrogens (primary N) is 1. The molecule has 21 heavy (non-hydrogen) atoms. The molecule has 0 aromatic heterocycles. The van der Waals surface area contributed by atoms with Crippen molar-refractivity contribution >= 4 is 21.4 Å². The molecule has 0 atom stereocenters. The lowest BCUT2D eigenvalue weighted by atomic mass is 10.2. The molecule has 0 aliphatic rings. The SMILES string of the molecule is COCCCCCNS(=O)(=O)c1cccc(N)c1[N+](=O)[O-]. The second kappa shape index (κ2) is 7.91. The van der Waals surface area contributed by atoms with Crippen molar-refractivity contribution in [1.29, 1.82) is 0 Å². The van der Waals surface area contributed by atoms with E-state index in [1.54, 1.807) is 7.11 Å². The van der Waals surface area contributed by atoms with Gasteiger partial charge in [-0.1, -0.05) is 6.07 Å². The van der Waals surface area contributed by atoms with E-state index in [9.17, 15) is 18.5 Å². The van der Waals surface area contributed by atoms with Crippen molar-refractivity contribution in [1.82, 2.24) is 4.72 Å². The fourth-order valence-electron chi connectivity index (χ4n) is 1.78. The first kappa shape index (κ1) is 17.3. The van der Waals surface area contributed by atoms with Gasteiger partial charge in [-0.05, 0) is 31.4 Å². The molecule has 0 fully saturated rings. The van der Waals surface area contributed by atoms with Gasteiger partial charge in [-0.25, -0.2) is 13.1 Å². The molecule has 0 saturated heterocycles. The number of nitrogen functional groups attached to an aromatic ring is 1. The first-order valence-corrected chi connectivity index (χ1v) is 7.90. The topological polar surface area (TPSA) is 125 Å². The summed E-state index contributed by atoms with van der Waals surface area (Å²) in [5.41, 5.74) is 4.71. The number of methoxy groups -OCH3 is 1. The number of rotatable bonds is 9. The maximum atomic E-state index is 12.1. The lowest BCUT2D eigenvalue weighted by Crippen LogP contribution is -2.25.